The number of rotatable bonds is 3. The van der Waals surface area contributed by atoms with Crippen molar-refractivity contribution in [2.75, 3.05) is 7.11 Å². The van der Waals surface area contributed by atoms with Crippen LogP contribution in [0, 0.1) is 5.82 Å². The number of ether oxygens (including phenoxy) is 1. The molecule has 1 heterocycles. The number of aromatic nitrogens is 1. The molecule has 0 aromatic carbocycles. The first-order chi connectivity index (χ1) is 8.16. The summed E-state index contributed by atoms with van der Waals surface area (Å²) in [5.74, 6) is -2.03. The van der Waals surface area contributed by atoms with Crippen LogP contribution in [0.4, 0.5) is 17.6 Å². The standard InChI is InChI=1S/C10H12F4N2O2/c1-5(15)9(17,10(12,13)14)6-3-4-16-8(18-2)7(6)11/h3-5,17H,15H2,1-2H3. The highest BCUT2D eigenvalue weighted by molar-refractivity contribution is 5.31. The van der Waals surface area contributed by atoms with E-state index in [1.54, 1.807) is 0 Å². The Balaban J connectivity index is 3.50. The average Bonchev–Trinajstić information content (AvgIpc) is 2.26. The predicted molar refractivity (Wildman–Crippen MR) is 54.3 cm³/mol. The van der Waals surface area contributed by atoms with Gasteiger partial charge in [0.15, 0.2) is 5.82 Å². The molecule has 1 rings (SSSR count). The third-order valence-electron chi connectivity index (χ3n) is 2.55. The monoisotopic (exact) mass is 268 g/mol. The Hall–Kier alpha value is -1.41. The van der Waals surface area contributed by atoms with Gasteiger partial charge in [0.25, 0.3) is 0 Å². The number of hydrogen-bond acceptors (Lipinski definition) is 4. The van der Waals surface area contributed by atoms with Gasteiger partial charge in [0.05, 0.1) is 7.11 Å². The lowest BCUT2D eigenvalue weighted by Crippen LogP contribution is -2.54. The summed E-state index contributed by atoms with van der Waals surface area (Å²) in [7, 11) is 1.05. The fourth-order valence-electron chi connectivity index (χ4n) is 1.52. The minimum absolute atomic E-state index is 0.643. The van der Waals surface area contributed by atoms with Crippen LogP contribution in [-0.2, 0) is 5.60 Å². The summed E-state index contributed by atoms with van der Waals surface area (Å²) in [6.07, 6.45) is -4.23. The molecule has 0 bridgehead atoms. The highest BCUT2D eigenvalue weighted by Gasteiger charge is 2.59. The summed E-state index contributed by atoms with van der Waals surface area (Å²) in [6.45, 7) is 0.930. The molecule has 0 aliphatic rings. The van der Waals surface area contributed by atoms with Gasteiger partial charge in [-0.05, 0) is 13.0 Å². The molecule has 1 aromatic heterocycles. The Morgan fingerprint density at radius 2 is 2.00 bits per heavy atom. The van der Waals surface area contributed by atoms with Crippen LogP contribution in [0.1, 0.15) is 12.5 Å². The largest absolute Gasteiger partial charge is 0.479 e. The second-order valence-electron chi connectivity index (χ2n) is 3.73. The van der Waals surface area contributed by atoms with Crippen LogP contribution < -0.4 is 10.5 Å². The summed E-state index contributed by atoms with van der Waals surface area (Å²) < 4.78 is 56.9. The predicted octanol–water partition coefficient (Wildman–Crippen LogP) is 1.33. The van der Waals surface area contributed by atoms with Gasteiger partial charge in [-0.25, -0.2) is 9.37 Å². The molecule has 102 valence electrons. The molecule has 2 atom stereocenters. The molecule has 1 aromatic rings. The van der Waals surface area contributed by atoms with E-state index in [9.17, 15) is 22.7 Å². The Morgan fingerprint density at radius 1 is 1.44 bits per heavy atom. The van der Waals surface area contributed by atoms with Crippen molar-refractivity contribution in [1.82, 2.24) is 4.98 Å². The quantitative estimate of drug-likeness (QED) is 0.811. The maximum atomic E-state index is 13.8. The van der Waals surface area contributed by atoms with Crippen molar-refractivity contribution in [3.8, 4) is 5.88 Å². The molecule has 2 unspecified atom stereocenters. The Labute approximate surface area is 100 Å². The molecule has 3 N–H and O–H groups in total. The highest BCUT2D eigenvalue weighted by atomic mass is 19.4. The van der Waals surface area contributed by atoms with E-state index in [4.69, 9.17) is 5.73 Å². The molecule has 0 aliphatic carbocycles. The summed E-state index contributed by atoms with van der Waals surface area (Å²) in [6, 6.07) is -1.05. The van der Waals surface area contributed by atoms with Crippen LogP contribution in [0.2, 0.25) is 0 Å². The van der Waals surface area contributed by atoms with Crippen molar-refractivity contribution < 1.29 is 27.4 Å². The SMILES string of the molecule is COc1nccc(C(O)(C(C)N)C(F)(F)F)c1F. The summed E-state index contributed by atoms with van der Waals surface area (Å²) in [4.78, 5) is 3.40. The number of pyridine rings is 1. The normalized spacial score (nSPS) is 17.1. The molecular formula is C10H12F4N2O2. The summed E-state index contributed by atoms with van der Waals surface area (Å²) in [5.41, 5.74) is 0.628. The molecule has 4 nitrogen and oxygen atoms in total. The Kier molecular flexibility index (Phi) is 3.82. The minimum atomic E-state index is -5.13. The number of hydrogen-bond donors (Lipinski definition) is 2. The number of nitrogens with two attached hydrogens (primary N) is 1. The van der Waals surface area contributed by atoms with E-state index in [-0.39, 0.29) is 0 Å². The van der Waals surface area contributed by atoms with Gasteiger partial charge in [0.2, 0.25) is 11.5 Å². The van der Waals surface area contributed by atoms with E-state index in [1.807, 2.05) is 0 Å². The average molecular weight is 268 g/mol. The van der Waals surface area contributed by atoms with Crippen LogP contribution in [0.3, 0.4) is 0 Å². The van der Waals surface area contributed by atoms with Crippen molar-refractivity contribution in [2.45, 2.75) is 24.7 Å². The lowest BCUT2D eigenvalue weighted by Gasteiger charge is -2.34. The van der Waals surface area contributed by atoms with Crippen molar-refractivity contribution in [3.63, 3.8) is 0 Å². The van der Waals surface area contributed by atoms with Crippen molar-refractivity contribution in [1.29, 1.82) is 0 Å². The number of halogens is 4. The van der Waals surface area contributed by atoms with Gasteiger partial charge >= 0.3 is 6.18 Å². The third-order valence-corrected chi connectivity index (χ3v) is 2.55. The van der Waals surface area contributed by atoms with Crippen molar-refractivity contribution in [2.24, 2.45) is 5.73 Å². The first-order valence-electron chi connectivity index (χ1n) is 4.90. The number of methoxy groups -OCH3 is 1. The fraction of sp³-hybridized carbons (Fsp3) is 0.500. The first-order valence-corrected chi connectivity index (χ1v) is 4.90. The lowest BCUT2D eigenvalue weighted by molar-refractivity contribution is -0.273. The van der Waals surface area contributed by atoms with Crippen LogP contribution in [0.25, 0.3) is 0 Å². The van der Waals surface area contributed by atoms with Crippen molar-refractivity contribution >= 4 is 0 Å². The van der Waals surface area contributed by atoms with E-state index in [1.165, 1.54) is 0 Å². The van der Waals surface area contributed by atoms with Crippen LogP contribution in [0.5, 0.6) is 5.88 Å². The van der Waals surface area contributed by atoms with Gasteiger partial charge in [0.1, 0.15) is 0 Å². The van der Waals surface area contributed by atoms with E-state index < -0.39 is 35.1 Å². The fourth-order valence-corrected chi connectivity index (χ4v) is 1.52. The first kappa shape index (κ1) is 14.7. The molecule has 0 radical (unpaired) electrons. The molecular weight excluding hydrogens is 256 g/mol. The second kappa shape index (κ2) is 4.69. The zero-order valence-electron chi connectivity index (χ0n) is 9.62. The lowest BCUT2D eigenvalue weighted by atomic mass is 9.87. The molecule has 0 saturated heterocycles. The molecule has 18 heavy (non-hydrogen) atoms. The van der Waals surface area contributed by atoms with Crippen LogP contribution >= 0.6 is 0 Å². The van der Waals surface area contributed by atoms with Crippen LogP contribution in [0.15, 0.2) is 12.3 Å². The zero-order chi connectivity index (χ0) is 14.1. The van der Waals surface area contributed by atoms with Gasteiger partial charge in [-0.1, -0.05) is 0 Å². The van der Waals surface area contributed by atoms with Crippen molar-refractivity contribution in [3.05, 3.63) is 23.6 Å². The van der Waals surface area contributed by atoms with E-state index in [2.05, 4.69) is 9.72 Å². The maximum Gasteiger partial charge on any atom is 0.423 e. The molecule has 0 fully saturated rings. The second-order valence-corrected chi connectivity index (χ2v) is 3.73. The number of alkyl halides is 3. The topological polar surface area (TPSA) is 68.4 Å². The van der Waals surface area contributed by atoms with E-state index in [0.717, 1.165) is 20.2 Å². The van der Waals surface area contributed by atoms with E-state index >= 15 is 0 Å². The minimum Gasteiger partial charge on any atom is -0.479 e. The number of nitrogens with zero attached hydrogens (tertiary/aromatic N) is 1. The molecule has 0 amide bonds. The molecule has 0 aliphatic heterocycles. The van der Waals surface area contributed by atoms with Gasteiger partial charge in [-0.3, -0.25) is 0 Å². The third kappa shape index (κ3) is 2.13. The molecule has 0 spiro atoms. The smallest absolute Gasteiger partial charge is 0.423 e. The molecule has 8 heteroatoms. The van der Waals surface area contributed by atoms with Gasteiger partial charge < -0.3 is 15.6 Å². The summed E-state index contributed by atoms with van der Waals surface area (Å²) >= 11 is 0. The van der Waals surface area contributed by atoms with Gasteiger partial charge in [0, 0.05) is 17.8 Å². The van der Waals surface area contributed by atoms with E-state index in [0.29, 0.717) is 6.07 Å². The van der Waals surface area contributed by atoms with Gasteiger partial charge in [-0.15, -0.1) is 0 Å². The van der Waals surface area contributed by atoms with Gasteiger partial charge in [-0.2, -0.15) is 13.2 Å². The maximum absolute atomic E-state index is 13.8. The van der Waals surface area contributed by atoms with Crippen LogP contribution in [-0.4, -0.2) is 29.4 Å². The Morgan fingerprint density at radius 3 is 2.39 bits per heavy atom. The molecule has 0 saturated carbocycles. The summed E-state index contributed by atoms with van der Waals surface area (Å²) in [5, 5.41) is 9.72. The Bertz CT molecular complexity index is 436. The highest BCUT2D eigenvalue weighted by Crippen LogP contribution is 2.42. The number of aliphatic hydroxyl groups is 1. The zero-order valence-corrected chi connectivity index (χ0v) is 9.62.